The van der Waals surface area contributed by atoms with Crippen LogP contribution in [-0.2, 0) is 0 Å². The summed E-state index contributed by atoms with van der Waals surface area (Å²) >= 11 is 12.6. The molecular weight excluding hydrogens is 763 g/mol. The van der Waals surface area contributed by atoms with E-state index in [9.17, 15) is 0 Å². The van der Waals surface area contributed by atoms with E-state index in [1.165, 1.54) is 64.5 Å². The first-order valence-electron chi connectivity index (χ1n) is 21.2. The Morgan fingerprint density at radius 2 is 0.828 bits per heavy atom. The molecule has 0 amide bonds. The third-order valence-electron chi connectivity index (χ3n) is 11.6. The van der Waals surface area contributed by atoms with Crippen molar-refractivity contribution < 1.29 is 18.4 Å². The average molecular weight is 828 g/mol. The van der Waals surface area contributed by atoms with Crippen LogP contribution >= 0.6 is 23.2 Å². The maximum Gasteiger partial charge on any atom is 0.119 e. The molecule has 0 fully saturated rings. The molecule has 58 heavy (non-hydrogen) atoms. The van der Waals surface area contributed by atoms with Gasteiger partial charge in [0.25, 0.3) is 0 Å². The second-order valence-electron chi connectivity index (χ2n) is 17.2. The SMILES string of the molecule is COc1ccc2nc3cc(Cl)ccc3c(NCCC[N+](C)(C)CCCCCCCCCC[N+](C)(C)CCCNc3c4ccc(Cl)cc4nc4ccc(OC)cc34)c2c1. The topological polar surface area (TPSA) is 68.3 Å². The maximum absolute atomic E-state index is 6.32. The van der Waals surface area contributed by atoms with Gasteiger partial charge in [0.2, 0.25) is 0 Å². The van der Waals surface area contributed by atoms with E-state index in [4.69, 9.17) is 42.6 Å². The summed E-state index contributed by atoms with van der Waals surface area (Å²) in [5, 5.41) is 13.2. The second kappa shape index (κ2) is 20.3. The molecule has 310 valence electrons. The van der Waals surface area contributed by atoms with E-state index in [0.29, 0.717) is 10.0 Å². The van der Waals surface area contributed by atoms with Gasteiger partial charge in [-0.3, -0.25) is 0 Å². The number of ether oxygens (including phenoxy) is 2. The predicted molar refractivity (Wildman–Crippen MR) is 248 cm³/mol. The van der Waals surface area contributed by atoms with Crippen LogP contribution in [0.15, 0.2) is 72.8 Å². The number of methoxy groups -OCH3 is 2. The summed E-state index contributed by atoms with van der Waals surface area (Å²) in [6.07, 6.45) is 12.8. The van der Waals surface area contributed by atoms with E-state index in [1.807, 2.05) is 48.5 Å². The molecule has 2 heterocycles. The highest BCUT2D eigenvalue weighted by Gasteiger charge is 2.17. The third kappa shape index (κ3) is 11.8. The van der Waals surface area contributed by atoms with Crippen molar-refractivity contribution in [2.75, 3.05) is 92.3 Å². The van der Waals surface area contributed by atoms with Crippen molar-refractivity contribution in [2.24, 2.45) is 0 Å². The molecule has 0 aliphatic rings. The highest BCUT2D eigenvalue weighted by molar-refractivity contribution is 6.32. The molecule has 0 atom stereocenters. The first-order chi connectivity index (χ1) is 27.9. The van der Waals surface area contributed by atoms with E-state index >= 15 is 0 Å². The smallest absolute Gasteiger partial charge is 0.119 e. The van der Waals surface area contributed by atoms with Gasteiger partial charge in [0, 0.05) is 57.5 Å². The van der Waals surface area contributed by atoms with Crippen molar-refractivity contribution in [3.8, 4) is 11.5 Å². The lowest BCUT2D eigenvalue weighted by Gasteiger charge is -2.30. The zero-order valence-electron chi connectivity index (χ0n) is 35.6. The molecule has 2 aromatic heterocycles. The molecule has 4 aromatic carbocycles. The number of pyridine rings is 2. The highest BCUT2D eigenvalue weighted by atomic mass is 35.5. The first kappa shape index (κ1) is 43.5. The molecule has 2 N–H and O–H groups in total. The molecule has 0 aliphatic heterocycles. The summed E-state index contributed by atoms with van der Waals surface area (Å²) in [7, 11) is 12.9. The fourth-order valence-corrected chi connectivity index (χ4v) is 8.57. The molecule has 0 spiro atoms. The van der Waals surface area contributed by atoms with Gasteiger partial charge < -0.3 is 29.1 Å². The second-order valence-corrected chi connectivity index (χ2v) is 18.1. The first-order valence-corrected chi connectivity index (χ1v) is 22.0. The Morgan fingerprint density at radius 1 is 0.448 bits per heavy atom. The lowest BCUT2D eigenvalue weighted by molar-refractivity contribution is -0.890. The Morgan fingerprint density at radius 3 is 1.22 bits per heavy atom. The Hall–Kier alpha value is -4.08. The summed E-state index contributed by atoms with van der Waals surface area (Å²) in [4.78, 5) is 9.74. The number of aromatic nitrogens is 2. The quantitative estimate of drug-likeness (QED) is 0.0381. The van der Waals surface area contributed by atoms with E-state index in [-0.39, 0.29) is 0 Å². The van der Waals surface area contributed by atoms with Crippen LogP contribution < -0.4 is 20.1 Å². The van der Waals surface area contributed by atoms with Gasteiger partial charge in [-0.25, -0.2) is 9.97 Å². The van der Waals surface area contributed by atoms with E-state index in [0.717, 1.165) is 114 Å². The van der Waals surface area contributed by atoms with Crippen LogP contribution in [0.1, 0.15) is 64.2 Å². The molecule has 0 saturated heterocycles. The molecule has 0 radical (unpaired) electrons. The number of nitrogens with zero attached hydrogens (tertiary/aromatic N) is 4. The van der Waals surface area contributed by atoms with Crippen LogP contribution in [0.4, 0.5) is 11.4 Å². The van der Waals surface area contributed by atoms with Gasteiger partial charge in [-0.1, -0.05) is 48.9 Å². The number of rotatable bonds is 23. The van der Waals surface area contributed by atoms with E-state index < -0.39 is 0 Å². The minimum atomic E-state index is 0.698. The van der Waals surface area contributed by atoms with Crippen molar-refractivity contribution in [2.45, 2.75) is 64.2 Å². The molecular formula is C48H64Cl2N6O2+2. The Bertz CT molecular complexity index is 2130. The fourth-order valence-electron chi connectivity index (χ4n) is 8.23. The minimum Gasteiger partial charge on any atom is -0.497 e. The summed E-state index contributed by atoms with van der Waals surface area (Å²) < 4.78 is 13.2. The van der Waals surface area contributed by atoms with E-state index in [1.54, 1.807) is 14.2 Å². The zero-order valence-corrected chi connectivity index (χ0v) is 37.1. The van der Waals surface area contributed by atoms with Gasteiger partial charge in [0.15, 0.2) is 0 Å². The minimum absolute atomic E-state index is 0.698. The maximum atomic E-state index is 6.32. The number of anilines is 2. The summed E-state index contributed by atoms with van der Waals surface area (Å²) in [6.45, 7) is 6.52. The third-order valence-corrected chi connectivity index (χ3v) is 12.1. The van der Waals surface area contributed by atoms with Gasteiger partial charge in [0.05, 0.1) is 102 Å². The monoisotopic (exact) mass is 826 g/mol. The van der Waals surface area contributed by atoms with Crippen molar-refractivity contribution in [1.29, 1.82) is 0 Å². The highest BCUT2D eigenvalue weighted by Crippen LogP contribution is 2.36. The largest absolute Gasteiger partial charge is 0.497 e. The van der Waals surface area contributed by atoms with Crippen molar-refractivity contribution >= 4 is 78.2 Å². The molecule has 0 unspecified atom stereocenters. The number of halogens is 2. The van der Waals surface area contributed by atoms with Crippen molar-refractivity contribution in [1.82, 2.24) is 9.97 Å². The zero-order chi connectivity index (χ0) is 41.1. The van der Waals surface area contributed by atoms with Crippen LogP contribution in [0.2, 0.25) is 10.0 Å². The lowest BCUT2D eigenvalue weighted by atomic mass is 10.1. The van der Waals surface area contributed by atoms with Gasteiger partial charge >= 0.3 is 0 Å². The number of hydrogen-bond donors (Lipinski definition) is 2. The standard InChI is InChI=1S/C48H64Cl2N6O2/c1-55(2,29-15-25-51-47-39-21-17-35(49)31-45(39)53-43-23-19-37(57-5)33-41(43)47)27-13-11-9-7-8-10-12-14-28-56(3,4)30-16-26-52-48-40-22-18-36(50)32-46(40)54-44-24-20-38(58-6)34-42(44)48/h17-24,31-34H,7-16,25-30H2,1-6H3,(H,51,53)(H,52,54)/q+2. The van der Waals surface area contributed by atoms with Gasteiger partial charge in [-0.15, -0.1) is 0 Å². The summed E-state index contributed by atoms with van der Waals surface area (Å²) in [5.74, 6) is 1.66. The Labute approximate surface area is 356 Å². The van der Waals surface area contributed by atoms with Crippen molar-refractivity contribution in [3.05, 3.63) is 82.8 Å². The van der Waals surface area contributed by atoms with Crippen LogP contribution in [0.5, 0.6) is 11.5 Å². The lowest BCUT2D eigenvalue weighted by Crippen LogP contribution is -2.41. The van der Waals surface area contributed by atoms with Crippen LogP contribution in [0.3, 0.4) is 0 Å². The molecule has 0 aliphatic carbocycles. The summed E-state index contributed by atoms with van der Waals surface area (Å²) in [5.41, 5.74) is 5.89. The molecule has 6 aromatic rings. The van der Waals surface area contributed by atoms with Crippen LogP contribution in [-0.4, -0.2) is 101 Å². The average Bonchev–Trinajstić information content (AvgIpc) is 3.20. The Balaban J connectivity index is 0.834. The number of quaternary nitrogens is 2. The number of fused-ring (bicyclic) bond motifs is 4. The number of benzene rings is 4. The Kier molecular flexibility index (Phi) is 15.2. The number of nitrogens with one attached hydrogen (secondary N) is 2. The fraction of sp³-hybridized carbons (Fsp3) is 0.458. The molecule has 6 rings (SSSR count). The van der Waals surface area contributed by atoms with Crippen LogP contribution in [0, 0.1) is 0 Å². The van der Waals surface area contributed by atoms with Gasteiger partial charge in [-0.05, 0) is 98.5 Å². The molecule has 10 heteroatoms. The normalized spacial score (nSPS) is 12.2. The summed E-state index contributed by atoms with van der Waals surface area (Å²) in [6, 6.07) is 24.0. The predicted octanol–water partition coefficient (Wildman–Crippen LogP) is 12.0. The number of unbranched alkanes of at least 4 members (excludes halogenated alkanes) is 7. The van der Waals surface area contributed by atoms with Gasteiger partial charge in [-0.2, -0.15) is 0 Å². The van der Waals surface area contributed by atoms with E-state index in [2.05, 4.69) is 63.1 Å². The van der Waals surface area contributed by atoms with Crippen molar-refractivity contribution in [3.63, 3.8) is 0 Å². The molecule has 0 saturated carbocycles. The van der Waals surface area contributed by atoms with Gasteiger partial charge in [0.1, 0.15) is 11.5 Å². The number of hydrogen-bond acceptors (Lipinski definition) is 6. The van der Waals surface area contributed by atoms with Crippen LogP contribution in [0.25, 0.3) is 43.6 Å². The molecule has 8 nitrogen and oxygen atoms in total. The molecule has 0 bridgehead atoms.